The molecule has 0 spiro atoms. The van der Waals surface area contributed by atoms with E-state index in [1.54, 1.807) is 6.07 Å². The Labute approximate surface area is 210 Å². The summed E-state index contributed by atoms with van der Waals surface area (Å²) in [4.78, 5) is 5.06. The first kappa shape index (κ1) is 23.1. The van der Waals surface area contributed by atoms with Gasteiger partial charge in [-0.3, -0.25) is 9.80 Å². The quantitative estimate of drug-likeness (QED) is 0.340. The van der Waals surface area contributed by atoms with Crippen LogP contribution in [0.4, 0.5) is 0 Å². The number of aromatic nitrogens is 3. The van der Waals surface area contributed by atoms with Crippen LogP contribution in [0, 0.1) is 0 Å². The lowest BCUT2D eigenvalue weighted by atomic mass is 9.96. The monoisotopic (exact) mass is 491 g/mol. The second kappa shape index (κ2) is 10.7. The smallest absolute Gasteiger partial charge is 0.0738 e. The van der Waals surface area contributed by atoms with Gasteiger partial charge in [0.15, 0.2) is 0 Å². The Morgan fingerprint density at radius 3 is 2.03 bits per heavy atom. The fraction of sp³-hybridized carbons (Fsp3) is 0.259. The van der Waals surface area contributed by atoms with E-state index in [0.29, 0.717) is 16.6 Å². The lowest BCUT2D eigenvalue weighted by molar-refractivity contribution is 0.103. The van der Waals surface area contributed by atoms with Gasteiger partial charge in [0, 0.05) is 42.8 Å². The van der Waals surface area contributed by atoms with Crippen LogP contribution < -0.4 is 0 Å². The highest BCUT2D eigenvalue weighted by molar-refractivity contribution is 6.35. The van der Waals surface area contributed by atoms with Crippen LogP contribution in [0.2, 0.25) is 10.0 Å². The van der Waals surface area contributed by atoms with Crippen molar-refractivity contribution in [3.05, 3.63) is 117 Å². The number of nitrogens with zero attached hydrogens (tertiary/aromatic N) is 5. The molecule has 0 amide bonds. The van der Waals surface area contributed by atoms with Crippen molar-refractivity contribution >= 4 is 23.2 Å². The summed E-state index contributed by atoms with van der Waals surface area (Å²) in [7, 11) is 0. The van der Waals surface area contributed by atoms with Crippen LogP contribution in [0.5, 0.6) is 0 Å². The third-order valence-corrected chi connectivity index (χ3v) is 7.01. The fourth-order valence-corrected chi connectivity index (χ4v) is 5.11. The molecule has 0 aliphatic carbocycles. The molecule has 1 fully saturated rings. The van der Waals surface area contributed by atoms with Gasteiger partial charge in [-0.2, -0.15) is 0 Å². The summed E-state index contributed by atoms with van der Waals surface area (Å²) in [6, 6.07) is 27.4. The normalized spacial score (nSPS) is 15.1. The number of piperazine rings is 1. The molecule has 4 aromatic rings. The zero-order chi connectivity index (χ0) is 23.3. The zero-order valence-corrected chi connectivity index (χ0v) is 20.4. The van der Waals surface area contributed by atoms with Crippen molar-refractivity contribution in [2.75, 3.05) is 26.2 Å². The number of halogens is 2. The molecule has 0 saturated carbocycles. The highest BCUT2D eigenvalue weighted by Gasteiger charge is 2.26. The van der Waals surface area contributed by atoms with Gasteiger partial charge in [0.2, 0.25) is 0 Å². The van der Waals surface area contributed by atoms with Gasteiger partial charge in [0.25, 0.3) is 0 Å². The summed E-state index contributed by atoms with van der Waals surface area (Å²) in [5.74, 6) is 0. The van der Waals surface area contributed by atoms with Gasteiger partial charge < -0.3 is 0 Å². The van der Waals surface area contributed by atoms with E-state index in [4.69, 9.17) is 23.2 Å². The van der Waals surface area contributed by atoms with Crippen molar-refractivity contribution in [3.8, 4) is 0 Å². The maximum atomic E-state index is 6.38. The molecule has 1 saturated heterocycles. The van der Waals surface area contributed by atoms with E-state index in [2.05, 4.69) is 80.8 Å². The molecule has 34 heavy (non-hydrogen) atoms. The zero-order valence-electron chi connectivity index (χ0n) is 18.9. The first-order chi connectivity index (χ1) is 16.7. The van der Waals surface area contributed by atoms with Crippen LogP contribution in [0.3, 0.4) is 0 Å². The predicted octanol–water partition coefficient (Wildman–Crippen LogP) is 5.54. The maximum Gasteiger partial charge on any atom is 0.0738 e. The van der Waals surface area contributed by atoms with Crippen LogP contribution >= 0.6 is 23.2 Å². The molecule has 5 nitrogen and oxygen atoms in total. The topological polar surface area (TPSA) is 37.2 Å². The second-order valence-corrected chi connectivity index (χ2v) is 9.50. The molecule has 174 valence electrons. The summed E-state index contributed by atoms with van der Waals surface area (Å²) in [5.41, 5.74) is 4.74. The molecule has 0 atom stereocenters. The van der Waals surface area contributed by atoms with Gasteiger partial charge in [-0.05, 0) is 28.8 Å². The molecule has 5 rings (SSSR count). The molecule has 0 bridgehead atoms. The summed E-state index contributed by atoms with van der Waals surface area (Å²) in [6.45, 7) is 5.37. The van der Waals surface area contributed by atoms with Crippen LogP contribution in [0.1, 0.15) is 28.4 Å². The lowest BCUT2D eigenvalue weighted by Crippen LogP contribution is -2.47. The molecule has 0 radical (unpaired) electrons. The molecule has 1 aliphatic rings. The summed E-state index contributed by atoms with van der Waals surface area (Å²) < 4.78 is 1.93. The molecule has 3 aromatic carbocycles. The van der Waals surface area contributed by atoms with Gasteiger partial charge in [-0.1, -0.05) is 95.1 Å². The second-order valence-electron chi connectivity index (χ2n) is 8.65. The third kappa shape index (κ3) is 5.34. The molecule has 7 heteroatoms. The molecule has 1 aromatic heterocycles. The number of hydrogen-bond donors (Lipinski definition) is 0. The van der Waals surface area contributed by atoms with Crippen LogP contribution in [-0.2, 0) is 13.1 Å². The molecule has 0 N–H and O–H groups in total. The van der Waals surface area contributed by atoms with Crippen LogP contribution in [-0.4, -0.2) is 51.0 Å². The van der Waals surface area contributed by atoms with Crippen molar-refractivity contribution in [3.63, 3.8) is 0 Å². The van der Waals surface area contributed by atoms with Crippen molar-refractivity contribution in [1.82, 2.24) is 24.8 Å². The van der Waals surface area contributed by atoms with E-state index < -0.39 is 0 Å². The predicted molar refractivity (Wildman–Crippen MR) is 137 cm³/mol. The van der Waals surface area contributed by atoms with E-state index in [9.17, 15) is 0 Å². The van der Waals surface area contributed by atoms with Crippen molar-refractivity contribution in [1.29, 1.82) is 0 Å². The molecule has 1 aliphatic heterocycles. The minimum Gasteiger partial charge on any atom is -0.295 e. The molecular formula is C27H27Cl2N5. The Morgan fingerprint density at radius 1 is 0.765 bits per heavy atom. The van der Waals surface area contributed by atoms with Gasteiger partial charge in [-0.15, -0.1) is 5.10 Å². The van der Waals surface area contributed by atoms with Crippen molar-refractivity contribution in [2.45, 2.75) is 19.1 Å². The van der Waals surface area contributed by atoms with Crippen molar-refractivity contribution < 1.29 is 0 Å². The number of rotatable bonds is 7. The lowest BCUT2D eigenvalue weighted by Gasteiger charge is -2.39. The summed E-state index contributed by atoms with van der Waals surface area (Å²) in [5, 5.41) is 9.74. The Bertz CT molecular complexity index is 1160. The summed E-state index contributed by atoms with van der Waals surface area (Å²) in [6.07, 6.45) is 1.85. The Balaban J connectivity index is 1.26. The van der Waals surface area contributed by atoms with Gasteiger partial charge in [0.05, 0.1) is 24.5 Å². The minimum absolute atomic E-state index is 0.267. The standard InChI is InChI=1S/C27H27Cl2N5/c28-24-12-11-23(26(29)17-24)19-34-25(18-30-31-34)20-32-13-15-33(16-14-32)27(21-7-3-1-4-8-21)22-9-5-2-6-10-22/h1-12,17-18,27H,13-16,19-20H2. The van der Waals surface area contributed by atoms with Gasteiger partial charge in [0.1, 0.15) is 0 Å². The largest absolute Gasteiger partial charge is 0.295 e. The maximum absolute atomic E-state index is 6.38. The molecular weight excluding hydrogens is 465 g/mol. The Morgan fingerprint density at radius 2 is 1.41 bits per heavy atom. The van der Waals surface area contributed by atoms with Crippen LogP contribution in [0.15, 0.2) is 85.1 Å². The third-order valence-electron chi connectivity index (χ3n) is 6.42. The van der Waals surface area contributed by atoms with Gasteiger partial charge in [-0.25, -0.2) is 4.68 Å². The van der Waals surface area contributed by atoms with E-state index in [1.165, 1.54) is 11.1 Å². The fourth-order valence-electron chi connectivity index (χ4n) is 4.64. The number of hydrogen-bond acceptors (Lipinski definition) is 4. The van der Waals surface area contributed by atoms with Gasteiger partial charge >= 0.3 is 0 Å². The number of benzene rings is 3. The summed E-state index contributed by atoms with van der Waals surface area (Å²) >= 11 is 12.4. The molecule has 0 unspecified atom stereocenters. The highest BCUT2D eigenvalue weighted by atomic mass is 35.5. The average molecular weight is 492 g/mol. The SMILES string of the molecule is Clc1ccc(Cn2nncc2CN2CCN(C(c3ccccc3)c3ccccc3)CC2)c(Cl)c1. The van der Waals surface area contributed by atoms with Crippen molar-refractivity contribution in [2.24, 2.45) is 0 Å². The van der Waals surface area contributed by atoms with E-state index in [-0.39, 0.29) is 6.04 Å². The minimum atomic E-state index is 0.267. The average Bonchev–Trinajstić information content (AvgIpc) is 3.30. The van der Waals surface area contributed by atoms with Crippen LogP contribution in [0.25, 0.3) is 0 Å². The Hall–Kier alpha value is -2.70. The highest BCUT2D eigenvalue weighted by Crippen LogP contribution is 2.29. The van der Waals surface area contributed by atoms with E-state index in [0.717, 1.165) is 44.0 Å². The Kier molecular flexibility index (Phi) is 7.26. The van der Waals surface area contributed by atoms with E-state index in [1.807, 2.05) is 23.0 Å². The molecule has 2 heterocycles. The first-order valence-corrected chi connectivity index (χ1v) is 12.3. The van der Waals surface area contributed by atoms with E-state index >= 15 is 0 Å². The first-order valence-electron chi connectivity index (χ1n) is 11.5.